The summed E-state index contributed by atoms with van der Waals surface area (Å²) in [6, 6.07) is 0.768. The van der Waals surface area contributed by atoms with Crippen molar-refractivity contribution in [1.82, 2.24) is 9.80 Å². The van der Waals surface area contributed by atoms with Gasteiger partial charge >= 0.3 is 0 Å². The average Bonchev–Trinajstić information content (AvgIpc) is 2.31. The van der Waals surface area contributed by atoms with Gasteiger partial charge in [0, 0.05) is 26.2 Å². The number of ether oxygens (including phenoxy) is 1. The molecule has 1 heterocycles. The highest BCUT2D eigenvalue weighted by Gasteiger charge is 2.20. The molecule has 96 valence electrons. The van der Waals surface area contributed by atoms with Crippen molar-refractivity contribution in [2.24, 2.45) is 5.73 Å². The van der Waals surface area contributed by atoms with Crippen molar-refractivity contribution in [2.75, 3.05) is 47.4 Å². The van der Waals surface area contributed by atoms with E-state index in [1.807, 2.05) is 0 Å². The molecule has 0 amide bonds. The van der Waals surface area contributed by atoms with Crippen molar-refractivity contribution in [1.29, 1.82) is 0 Å². The van der Waals surface area contributed by atoms with Crippen molar-refractivity contribution in [3.63, 3.8) is 0 Å². The number of likely N-dealkylation sites (tertiary alicyclic amines) is 1. The van der Waals surface area contributed by atoms with Crippen LogP contribution >= 0.6 is 0 Å². The van der Waals surface area contributed by atoms with Gasteiger partial charge in [0.25, 0.3) is 0 Å². The summed E-state index contributed by atoms with van der Waals surface area (Å²) < 4.78 is 5.29. The minimum Gasteiger partial charge on any atom is -0.380 e. The summed E-state index contributed by atoms with van der Waals surface area (Å²) in [6.45, 7) is 4.17. The lowest BCUT2D eigenvalue weighted by Gasteiger charge is -2.35. The Hall–Kier alpha value is -0.160. The zero-order chi connectivity index (χ0) is 12.0. The second-order valence-electron chi connectivity index (χ2n) is 4.92. The van der Waals surface area contributed by atoms with Gasteiger partial charge in [-0.2, -0.15) is 0 Å². The van der Waals surface area contributed by atoms with Gasteiger partial charge in [-0.1, -0.05) is 0 Å². The van der Waals surface area contributed by atoms with Crippen molar-refractivity contribution in [3.8, 4) is 0 Å². The summed E-state index contributed by atoms with van der Waals surface area (Å²) in [5.74, 6) is 0. The van der Waals surface area contributed by atoms with Gasteiger partial charge < -0.3 is 20.3 Å². The summed E-state index contributed by atoms with van der Waals surface area (Å²) >= 11 is 0. The van der Waals surface area contributed by atoms with E-state index < -0.39 is 0 Å². The van der Waals surface area contributed by atoms with Crippen LogP contribution in [0, 0.1) is 0 Å². The maximum absolute atomic E-state index is 5.61. The molecule has 1 saturated heterocycles. The lowest BCUT2D eigenvalue weighted by Crippen LogP contribution is -2.43. The third-order valence-corrected chi connectivity index (χ3v) is 3.65. The van der Waals surface area contributed by atoms with E-state index >= 15 is 0 Å². The topological polar surface area (TPSA) is 41.7 Å². The molecule has 1 fully saturated rings. The Balaban J connectivity index is 2.17. The van der Waals surface area contributed by atoms with Crippen molar-refractivity contribution in [2.45, 2.75) is 31.4 Å². The van der Waals surface area contributed by atoms with E-state index in [0.717, 1.165) is 19.0 Å². The highest BCUT2D eigenvalue weighted by atomic mass is 16.5. The molecule has 4 nitrogen and oxygen atoms in total. The van der Waals surface area contributed by atoms with E-state index in [2.05, 4.69) is 23.9 Å². The van der Waals surface area contributed by atoms with Gasteiger partial charge in [-0.25, -0.2) is 0 Å². The number of nitrogens with two attached hydrogens (primary N) is 1. The number of hydrogen-bond acceptors (Lipinski definition) is 4. The SMILES string of the molecule is COC(CN)CCN1CCC(N(C)C)CC1. The predicted molar refractivity (Wildman–Crippen MR) is 67.6 cm³/mol. The molecule has 1 unspecified atom stereocenters. The van der Waals surface area contributed by atoms with Crippen LogP contribution in [0.1, 0.15) is 19.3 Å². The van der Waals surface area contributed by atoms with Gasteiger partial charge in [-0.05, 0) is 46.4 Å². The van der Waals surface area contributed by atoms with Crippen LogP contribution in [-0.2, 0) is 4.74 Å². The number of methoxy groups -OCH3 is 1. The van der Waals surface area contributed by atoms with E-state index in [0.29, 0.717) is 6.54 Å². The molecule has 0 aromatic heterocycles. The van der Waals surface area contributed by atoms with E-state index in [1.54, 1.807) is 7.11 Å². The van der Waals surface area contributed by atoms with E-state index in [1.165, 1.54) is 25.9 Å². The Bertz CT molecular complexity index is 175. The molecular formula is C12H27N3O. The van der Waals surface area contributed by atoms with Crippen LogP contribution in [-0.4, -0.2) is 69.3 Å². The lowest BCUT2D eigenvalue weighted by atomic mass is 10.0. The molecule has 2 N–H and O–H groups in total. The van der Waals surface area contributed by atoms with Gasteiger partial charge in [0.1, 0.15) is 0 Å². The van der Waals surface area contributed by atoms with Crippen molar-refractivity contribution in [3.05, 3.63) is 0 Å². The molecule has 0 spiro atoms. The van der Waals surface area contributed by atoms with Gasteiger partial charge in [-0.15, -0.1) is 0 Å². The zero-order valence-electron chi connectivity index (χ0n) is 11.0. The summed E-state index contributed by atoms with van der Waals surface area (Å²) in [5.41, 5.74) is 5.61. The Morgan fingerprint density at radius 1 is 1.38 bits per heavy atom. The second kappa shape index (κ2) is 7.22. The molecular weight excluding hydrogens is 202 g/mol. The molecule has 0 aromatic carbocycles. The van der Waals surface area contributed by atoms with E-state index in [9.17, 15) is 0 Å². The number of hydrogen-bond donors (Lipinski definition) is 1. The Morgan fingerprint density at radius 3 is 2.44 bits per heavy atom. The van der Waals surface area contributed by atoms with Gasteiger partial charge in [0.05, 0.1) is 6.10 Å². The van der Waals surface area contributed by atoms with Gasteiger partial charge in [-0.3, -0.25) is 0 Å². The molecule has 1 atom stereocenters. The van der Waals surface area contributed by atoms with Gasteiger partial charge in [0.15, 0.2) is 0 Å². The van der Waals surface area contributed by atoms with E-state index in [4.69, 9.17) is 10.5 Å². The summed E-state index contributed by atoms with van der Waals surface area (Å²) in [6.07, 6.45) is 3.85. The molecule has 0 radical (unpaired) electrons. The number of rotatable bonds is 6. The molecule has 0 bridgehead atoms. The fourth-order valence-electron chi connectivity index (χ4n) is 2.32. The fourth-order valence-corrected chi connectivity index (χ4v) is 2.32. The zero-order valence-corrected chi connectivity index (χ0v) is 11.0. The van der Waals surface area contributed by atoms with Crippen LogP contribution in [0.2, 0.25) is 0 Å². The quantitative estimate of drug-likeness (QED) is 0.715. The smallest absolute Gasteiger partial charge is 0.0705 e. The first-order chi connectivity index (χ1) is 7.67. The highest BCUT2D eigenvalue weighted by Crippen LogP contribution is 2.14. The van der Waals surface area contributed by atoms with Crippen molar-refractivity contribution < 1.29 is 4.74 Å². The fraction of sp³-hybridized carbons (Fsp3) is 1.00. The summed E-state index contributed by atoms with van der Waals surface area (Å²) in [7, 11) is 6.10. The highest BCUT2D eigenvalue weighted by molar-refractivity contribution is 4.77. The minimum atomic E-state index is 0.228. The Morgan fingerprint density at radius 2 is 2.00 bits per heavy atom. The van der Waals surface area contributed by atoms with Gasteiger partial charge in [0.2, 0.25) is 0 Å². The number of piperidine rings is 1. The molecule has 1 aliphatic heterocycles. The molecule has 1 aliphatic rings. The second-order valence-corrected chi connectivity index (χ2v) is 4.92. The monoisotopic (exact) mass is 229 g/mol. The predicted octanol–water partition coefficient (Wildman–Crippen LogP) is 0.376. The van der Waals surface area contributed by atoms with Crippen LogP contribution < -0.4 is 5.73 Å². The van der Waals surface area contributed by atoms with Crippen LogP contribution in [0.25, 0.3) is 0 Å². The molecule has 1 rings (SSSR count). The van der Waals surface area contributed by atoms with Crippen molar-refractivity contribution >= 4 is 0 Å². The summed E-state index contributed by atoms with van der Waals surface area (Å²) in [4.78, 5) is 4.87. The van der Waals surface area contributed by atoms with Crippen LogP contribution in [0.3, 0.4) is 0 Å². The molecule has 0 aliphatic carbocycles. The van der Waals surface area contributed by atoms with E-state index in [-0.39, 0.29) is 6.10 Å². The lowest BCUT2D eigenvalue weighted by molar-refractivity contribution is 0.0787. The Kier molecular flexibility index (Phi) is 6.28. The maximum atomic E-state index is 5.61. The third kappa shape index (κ3) is 4.37. The normalized spacial score (nSPS) is 21.6. The molecule has 0 saturated carbocycles. The maximum Gasteiger partial charge on any atom is 0.0705 e. The average molecular weight is 229 g/mol. The first-order valence-electron chi connectivity index (χ1n) is 6.29. The standard InChI is InChI=1S/C12H27N3O/c1-14(2)11-4-7-15(8-5-11)9-6-12(10-13)16-3/h11-12H,4-10,13H2,1-3H3. The Labute approximate surface area is 99.7 Å². The largest absolute Gasteiger partial charge is 0.380 e. The van der Waals surface area contributed by atoms with Crippen LogP contribution in [0.5, 0.6) is 0 Å². The number of nitrogens with zero attached hydrogens (tertiary/aromatic N) is 2. The first kappa shape index (κ1) is 13.9. The van der Waals surface area contributed by atoms with Crippen LogP contribution in [0.4, 0.5) is 0 Å². The van der Waals surface area contributed by atoms with Crippen LogP contribution in [0.15, 0.2) is 0 Å². The molecule has 0 aromatic rings. The third-order valence-electron chi connectivity index (χ3n) is 3.65. The minimum absolute atomic E-state index is 0.228. The summed E-state index contributed by atoms with van der Waals surface area (Å²) in [5, 5.41) is 0. The molecule has 4 heteroatoms. The molecule has 16 heavy (non-hydrogen) atoms. The first-order valence-corrected chi connectivity index (χ1v) is 6.29.